The average Bonchev–Trinajstić information content (AvgIpc) is 2.96. The van der Waals surface area contributed by atoms with E-state index in [4.69, 9.17) is 4.74 Å². The van der Waals surface area contributed by atoms with Gasteiger partial charge in [0.2, 0.25) is 0 Å². The summed E-state index contributed by atoms with van der Waals surface area (Å²) in [5.41, 5.74) is 1.39. The van der Waals surface area contributed by atoms with Crippen LogP contribution in [0.2, 0.25) is 0 Å². The highest BCUT2D eigenvalue weighted by molar-refractivity contribution is 5.85. The maximum atomic E-state index is 12.3. The van der Waals surface area contributed by atoms with Gasteiger partial charge in [0.05, 0.1) is 12.1 Å². The van der Waals surface area contributed by atoms with Crippen LogP contribution >= 0.6 is 0 Å². The molecule has 1 aromatic carbocycles. The van der Waals surface area contributed by atoms with Crippen LogP contribution in [-0.2, 0) is 16.0 Å². The van der Waals surface area contributed by atoms with Crippen molar-refractivity contribution in [2.24, 2.45) is 0 Å². The lowest BCUT2D eigenvalue weighted by molar-refractivity contribution is -0.141. The van der Waals surface area contributed by atoms with E-state index < -0.39 is 11.7 Å². The zero-order chi connectivity index (χ0) is 13.5. The minimum atomic E-state index is -0.739. The molecule has 102 valence electrons. The second kappa shape index (κ2) is 4.62. The normalized spacial score (nSPS) is 33.2. The first kappa shape index (κ1) is 12.6. The van der Waals surface area contributed by atoms with Gasteiger partial charge in [-0.25, -0.2) is 0 Å². The van der Waals surface area contributed by atoms with E-state index >= 15 is 0 Å². The lowest BCUT2D eigenvalue weighted by Gasteiger charge is -2.26. The minimum absolute atomic E-state index is 0.120. The number of ether oxygens (including phenoxy) is 1. The van der Waals surface area contributed by atoms with Crippen molar-refractivity contribution in [1.29, 1.82) is 0 Å². The molecule has 0 saturated carbocycles. The topological polar surface area (TPSA) is 58.6 Å². The Kier molecular flexibility index (Phi) is 3.07. The van der Waals surface area contributed by atoms with Gasteiger partial charge in [0.1, 0.15) is 5.60 Å². The molecule has 1 fully saturated rings. The van der Waals surface area contributed by atoms with E-state index in [9.17, 15) is 9.90 Å². The second-order valence-electron chi connectivity index (χ2n) is 5.60. The quantitative estimate of drug-likeness (QED) is 0.844. The fraction of sp³-hybridized carbons (Fsp3) is 0.533. The summed E-state index contributed by atoms with van der Waals surface area (Å²) in [6.45, 7) is 2.45. The number of fused-ring (bicyclic) bond motifs is 1. The number of benzene rings is 1. The molecule has 0 aromatic heterocycles. The van der Waals surface area contributed by atoms with E-state index in [1.807, 2.05) is 31.2 Å². The van der Waals surface area contributed by atoms with Gasteiger partial charge in [0.25, 0.3) is 5.91 Å². The van der Waals surface area contributed by atoms with Crippen LogP contribution in [0.15, 0.2) is 24.3 Å². The molecule has 19 heavy (non-hydrogen) atoms. The minimum Gasteiger partial charge on any atom is -0.390 e. The van der Waals surface area contributed by atoms with E-state index in [2.05, 4.69) is 5.32 Å². The first-order chi connectivity index (χ1) is 9.10. The van der Waals surface area contributed by atoms with Crippen LogP contribution in [0.1, 0.15) is 36.9 Å². The summed E-state index contributed by atoms with van der Waals surface area (Å²) in [6.07, 6.45) is 1.70. The molecule has 1 aromatic rings. The summed E-state index contributed by atoms with van der Waals surface area (Å²) in [5, 5.41) is 13.1. The van der Waals surface area contributed by atoms with Crippen molar-refractivity contribution in [3.05, 3.63) is 35.4 Å². The number of aliphatic hydroxyl groups excluding tert-OH is 1. The van der Waals surface area contributed by atoms with Gasteiger partial charge in [-0.3, -0.25) is 4.79 Å². The SMILES string of the molecule is CC1(C(=O)NC2c3ccccc3CC2O)CCCO1. The van der Waals surface area contributed by atoms with E-state index in [0.29, 0.717) is 13.0 Å². The zero-order valence-corrected chi connectivity index (χ0v) is 11.1. The monoisotopic (exact) mass is 261 g/mol. The number of amides is 1. The van der Waals surface area contributed by atoms with Crippen molar-refractivity contribution in [1.82, 2.24) is 5.32 Å². The Hall–Kier alpha value is -1.39. The third-order valence-corrected chi connectivity index (χ3v) is 4.19. The van der Waals surface area contributed by atoms with Crippen LogP contribution in [0.3, 0.4) is 0 Å². The van der Waals surface area contributed by atoms with Crippen LogP contribution in [0.4, 0.5) is 0 Å². The molecule has 2 aliphatic rings. The Balaban J connectivity index is 1.78. The molecule has 1 aliphatic carbocycles. The van der Waals surface area contributed by atoms with Gasteiger partial charge in [0, 0.05) is 13.0 Å². The molecule has 0 radical (unpaired) electrons. The maximum Gasteiger partial charge on any atom is 0.252 e. The molecule has 0 spiro atoms. The third kappa shape index (κ3) is 2.15. The van der Waals surface area contributed by atoms with E-state index in [-0.39, 0.29) is 11.9 Å². The molecule has 4 nitrogen and oxygen atoms in total. The van der Waals surface area contributed by atoms with Crippen molar-refractivity contribution in [3.63, 3.8) is 0 Å². The lowest BCUT2D eigenvalue weighted by atomic mass is 10.00. The molecule has 4 heteroatoms. The van der Waals surface area contributed by atoms with Crippen molar-refractivity contribution >= 4 is 5.91 Å². The van der Waals surface area contributed by atoms with Crippen LogP contribution in [0.5, 0.6) is 0 Å². The van der Waals surface area contributed by atoms with Crippen LogP contribution in [-0.4, -0.2) is 29.3 Å². The Morgan fingerprint density at radius 1 is 1.47 bits per heavy atom. The van der Waals surface area contributed by atoms with E-state index in [1.54, 1.807) is 0 Å². The van der Waals surface area contributed by atoms with Crippen LogP contribution in [0, 0.1) is 0 Å². The number of carbonyl (C=O) groups excluding carboxylic acids is 1. The highest BCUT2D eigenvalue weighted by atomic mass is 16.5. The Morgan fingerprint density at radius 3 is 3.00 bits per heavy atom. The summed E-state index contributed by atoms with van der Waals surface area (Å²) in [4.78, 5) is 12.3. The number of hydrogen-bond donors (Lipinski definition) is 2. The molecule has 1 saturated heterocycles. The van der Waals surface area contributed by atoms with Crippen molar-refractivity contribution < 1.29 is 14.6 Å². The van der Waals surface area contributed by atoms with E-state index in [0.717, 1.165) is 24.0 Å². The summed E-state index contributed by atoms with van der Waals surface area (Å²) in [5.74, 6) is -0.120. The standard InChI is InChI=1S/C15H19NO3/c1-15(7-4-8-19-15)14(18)16-13-11-6-3-2-5-10(11)9-12(13)17/h2-3,5-6,12-13,17H,4,7-9H2,1H3,(H,16,18). The van der Waals surface area contributed by atoms with Crippen LogP contribution < -0.4 is 5.32 Å². The van der Waals surface area contributed by atoms with E-state index in [1.165, 1.54) is 0 Å². The van der Waals surface area contributed by atoms with Gasteiger partial charge in [-0.1, -0.05) is 24.3 Å². The predicted molar refractivity (Wildman–Crippen MR) is 70.6 cm³/mol. The predicted octanol–water partition coefficient (Wildman–Crippen LogP) is 1.33. The number of carbonyl (C=O) groups is 1. The van der Waals surface area contributed by atoms with Crippen molar-refractivity contribution in [3.8, 4) is 0 Å². The number of hydrogen-bond acceptors (Lipinski definition) is 3. The van der Waals surface area contributed by atoms with Gasteiger partial charge in [-0.05, 0) is 30.9 Å². The average molecular weight is 261 g/mol. The molecule has 1 heterocycles. The highest BCUT2D eigenvalue weighted by Gasteiger charge is 2.41. The summed E-state index contributed by atoms with van der Waals surface area (Å²) in [6, 6.07) is 7.54. The van der Waals surface area contributed by atoms with Gasteiger partial charge >= 0.3 is 0 Å². The smallest absolute Gasteiger partial charge is 0.252 e. The maximum absolute atomic E-state index is 12.3. The van der Waals surface area contributed by atoms with Crippen molar-refractivity contribution in [2.45, 2.75) is 43.9 Å². The Morgan fingerprint density at radius 2 is 2.26 bits per heavy atom. The van der Waals surface area contributed by atoms with Crippen molar-refractivity contribution in [2.75, 3.05) is 6.61 Å². The number of aliphatic hydroxyl groups is 1. The lowest BCUT2D eigenvalue weighted by Crippen LogP contribution is -2.47. The Labute approximate surface area is 112 Å². The molecular weight excluding hydrogens is 242 g/mol. The molecule has 3 rings (SSSR count). The Bertz CT molecular complexity index is 494. The number of rotatable bonds is 2. The zero-order valence-electron chi connectivity index (χ0n) is 11.1. The summed E-state index contributed by atoms with van der Waals surface area (Å²) >= 11 is 0. The van der Waals surface area contributed by atoms with Crippen LogP contribution in [0.25, 0.3) is 0 Å². The number of nitrogens with one attached hydrogen (secondary N) is 1. The molecular formula is C15H19NO3. The molecule has 1 amide bonds. The van der Waals surface area contributed by atoms with Gasteiger partial charge in [-0.2, -0.15) is 0 Å². The van der Waals surface area contributed by atoms with Gasteiger partial charge in [0.15, 0.2) is 0 Å². The molecule has 3 atom stereocenters. The third-order valence-electron chi connectivity index (χ3n) is 4.19. The van der Waals surface area contributed by atoms with Gasteiger partial charge < -0.3 is 15.2 Å². The first-order valence-electron chi connectivity index (χ1n) is 6.81. The molecule has 1 aliphatic heterocycles. The fourth-order valence-corrected chi connectivity index (χ4v) is 3.00. The second-order valence-corrected chi connectivity index (χ2v) is 5.60. The molecule has 3 unspecified atom stereocenters. The summed E-state index contributed by atoms with van der Waals surface area (Å²) in [7, 11) is 0. The summed E-state index contributed by atoms with van der Waals surface area (Å²) < 4.78 is 5.54. The first-order valence-corrected chi connectivity index (χ1v) is 6.81. The molecule has 2 N–H and O–H groups in total. The fourth-order valence-electron chi connectivity index (χ4n) is 3.00. The molecule has 0 bridgehead atoms. The van der Waals surface area contributed by atoms with Gasteiger partial charge in [-0.15, -0.1) is 0 Å². The largest absolute Gasteiger partial charge is 0.390 e. The highest BCUT2D eigenvalue weighted by Crippen LogP contribution is 2.33.